The van der Waals surface area contributed by atoms with Crippen LogP contribution in [-0.2, 0) is 24.5 Å². The molecule has 2 aromatic rings. The van der Waals surface area contributed by atoms with Crippen molar-refractivity contribution in [2.45, 2.75) is 38.5 Å². The van der Waals surface area contributed by atoms with Crippen LogP contribution in [-0.4, -0.2) is 24.3 Å². The first-order valence-electron chi connectivity index (χ1n) is 11.2. The number of esters is 1. The number of hydrogen-bond acceptors (Lipinski definition) is 6. The van der Waals surface area contributed by atoms with E-state index in [4.69, 9.17) is 22.1 Å². The Hall–Kier alpha value is -3.58. The molecule has 1 atom stereocenters. The molecular weight excluding hydrogens is 454 g/mol. The van der Waals surface area contributed by atoms with Crippen LogP contribution < -0.4 is 16.0 Å². The summed E-state index contributed by atoms with van der Waals surface area (Å²) < 4.78 is 5.40. The fraction of sp³-hybridized carbons (Fsp3) is 0.269. The Balaban J connectivity index is 1.90. The van der Waals surface area contributed by atoms with Gasteiger partial charge in [-0.3, -0.25) is 14.5 Å². The third-order valence-electron chi connectivity index (χ3n) is 6.65. The number of benzene rings is 2. The average Bonchev–Trinajstić information content (AvgIpc) is 3.07. The normalized spacial score (nSPS) is 21.6. The van der Waals surface area contributed by atoms with Crippen molar-refractivity contribution in [1.29, 1.82) is 0 Å². The van der Waals surface area contributed by atoms with Gasteiger partial charge in [-0.2, -0.15) is 0 Å². The maximum absolute atomic E-state index is 13.8. The van der Waals surface area contributed by atoms with Gasteiger partial charge in [0.25, 0.3) is 0 Å². The molecule has 2 aliphatic heterocycles. The number of nitrogens with zero attached hydrogens (tertiary/aromatic N) is 1. The molecule has 0 saturated carbocycles. The minimum Gasteiger partial charge on any atom is -0.462 e. The quantitative estimate of drug-likeness (QED) is 0.645. The fourth-order valence-electron chi connectivity index (χ4n) is 5.33. The molecule has 1 unspecified atom stereocenters. The molecule has 2 aromatic carbocycles. The first-order valence-corrected chi connectivity index (χ1v) is 11.6. The largest absolute Gasteiger partial charge is 0.462 e. The Labute approximate surface area is 202 Å². The standard InChI is InChI=1S/C26H24ClN3O4/c1-3-34-24(32)22-23(28)30(18-12-11-14(2)13-16(18)27)19-9-6-10-20(31)21(19)26(22)15-7-4-5-8-17(15)29-25(26)33/h4-5,7-8,11-13H,3,6,9-10,28H2,1-2H3,(H,29,33). The number of allylic oxidation sites excluding steroid dienone is 1. The van der Waals surface area contributed by atoms with Crippen LogP contribution in [0.3, 0.4) is 0 Å². The molecule has 2 heterocycles. The van der Waals surface area contributed by atoms with Gasteiger partial charge in [0, 0.05) is 28.9 Å². The van der Waals surface area contributed by atoms with Crippen LogP contribution in [0, 0.1) is 6.92 Å². The van der Waals surface area contributed by atoms with Gasteiger partial charge in [0.1, 0.15) is 16.8 Å². The number of amides is 1. The number of fused-ring (bicyclic) bond motifs is 3. The summed E-state index contributed by atoms with van der Waals surface area (Å²) in [5.41, 5.74) is 8.37. The molecule has 1 spiro atoms. The van der Waals surface area contributed by atoms with Gasteiger partial charge in [-0.15, -0.1) is 0 Å². The summed E-state index contributed by atoms with van der Waals surface area (Å²) >= 11 is 6.62. The lowest BCUT2D eigenvalue weighted by Gasteiger charge is -2.44. The number of hydrogen-bond donors (Lipinski definition) is 2. The zero-order valence-corrected chi connectivity index (χ0v) is 19.7. The van der Waals surface area contributed by atoms with Crippen LogP contribution in [0.1, 0.15) is 37.3 Å². The van der Waals surface area contributed by atoms with Gasteiger partial charge in [-0.25, -0.2) is 4.79 Å². The van der Waals surface area contributed by atoms with E-state index >= 15 is 0 Å². The van der Waals surface area contributed by atoms with E-state index in [0.717, 1.165) is 5.56 Å². The number of carbonyl (C=O) groups is 3. The van der Waals surface area contributed by atoms with Crippen molar-refractivity contribution in [2.75, 3.05) is 16.8 Å². The highest BCUT2D eigenvalue weighted by Gasteiger charge is 2.61. The van der Waals surface area contributed by atoms with Crippen LogP contribution in [0.2, 0.25) is 5.02 Å². The number of halogens is 1. The van der Waals surface area contributed by atoms with Crippen LogP contribution >= 0.6 is 11.6 Å². The first-order chi connectivity index (χ1) is 16.3. The fourth-order valence-corrected chi connectivity index (χ4v) is 5.65. The average molecular weight is 478 g/mol. The Morgan fingerprint density at radius 1 is 1.21 bits per heavy atom. The Morgan fingerprint density at radius 3 is 2.71 bits per heavy atom. The van der Waals surface area contributed by atoms with Gasteiger partial charge in [-0.1, -0.05) is 35.9 Å². The highest BCUT2D eigenvalue weighted by Crippen LogP contribution is 2.55. The van der Waals surface area contributed by atoms with E-state index in [1.54, 1.807) is 48.2 Å². The molecule has 174 valence electrons. The van der Waals surface area contributed by atoms with Crippen molar-refractivity contribution in [3.63, 3.8) is 0 Å². The van der Waals surface area contributed by atoms with E-state index < -0.39 is 17.3 Å². The van der Waals surface area contributed by atoms with Gasteiger partial charge in [0.05, 0.1) is 17.3 Å². The third-order valence-corrected chi connectivity index (χ3v) is 6.95. The Morgan fingerprint density at radius 2 is 1.97 bits per heavy atom. The number of ketones is 1. The molecule has 1 aliphatic carbocycles. The van der Waals surface area contributed by atoms with Crippen LogP contribution in [0.25, 0.3) is 0 Å². The zero-order chi connectivity index (χ0) is 24.2. The van der Waals surface area contributed by atoms with Gasteiger partial charge in [0.15, 0.2) is 5.78 Å². The number of anilines is 2. The molecule has 0 saturated heterocycles. The highest BCUT2D eigenvalue weighted by molar-refractivity contribution is 6.33. The molecule has 5 rings (SSSR count). The van der Waals surface area contributed by atoms with Crippen LogP contribution in [0.4, 0.5) is 11.4 Å². The van der Waals surface area contributed by atoms with E-state index in [1.807, 2.05) is 13.0 Å². The van der Waals surface area contributed by atoms with Crippen LogP contribution in [0.5, 0.6) is 0 Å². The monoisotopic (exact) mass is 477 g/mol. The topological polar surface area (TPSA) is 102 Å². The number of Topliss-reactive ketones (excluding diaryl/α,β-unsaturated/α-hetero) is 1. The van der Waals surface area contributed by atoms with E-state index in [2.05, 4.69) is 5.32 Å². The SMILES string of the molecule is CCOC(=O)C1=C(N)N(c2ccc(C)cc2Cl)C2=C(C(=O)CCC2)C12C(=O)Nc1ccccc12. The maximum atomic E-state index is 13.8. The van der Waals surface area contributed by atoms with E-state index in [-0.39, 0.29) is 35.8 Å². The van der Waals surface area contributed by atoms with Gasteiger partial charge >= 0.3 is 5.97 Å². The second kappa shape index (κ2) is 8.02. The van der Waals surface area contributed by atoms with Crippen molar-refractivity contribution in [3.05, 3.63) is 81.3 Å². The van der Waals surface area contributed by atoms with E-state index in [1.165, 1.54) is 0 Å². The molecule has 7 nitrogen and oxygen atoms in total. The predicted molar refractivity (Wildman–Crippen MR) is 129 cm³/mol. The second-order valence-electron chi connectivity index (χ2n) is 8.62. The number of nitrogens with one attached hydrogen (secondary N) is 1. The molecule has 0 radical (unpaired) electrons. The molecule has 34 heavy (non-hydrogen) atoms. The summed E-state index contributed by atoms with van der Waals surface area (Å²) in [5.74, 6) is -1.40. The number of aryl methyl sites for hydroxylation is 1. The molecular formula is C26H24ClN3O4. The van der Waals surface area contributed by atoms with Crippen molar-refractivity contribution in [1.82, 2.24) is 0 Å². The minimum absolute atomic E-state index is 0.0320. The third kappa shape index (κ3) is 2.93. The number of ether oxygens (including phenoxy) is 1. The minimum atomic E-state index is -1.69. The van der Waals surface area contributed by atoms with Crippen molar-refractivity contribution in [3.8, 4) is 0 Å². The van der Waals surface area contributed by atoms with E-state index in [9.17, 15) is 14.4 Å². The summed E-state index contributed by atoms with van der Waals surface area (Å²) in [4.78, 5) is 42.5. The summed E-state index contributed by atoms with van der Waals surface area (Å²) in [5, 5.41) is 3.28. The second-order valence-corrected chi connectivity index (χ2v) is 9.03. The number of rotatable bonds is 3. The van der Waals surface area contributed by atoms with Crippen molar-refractivity contribution in [2.24, 2.45) is 5.73 Å². The van der Waals surface area contributed by atoms with Gasteiger partial charge in [-0.05, 0) is 50.5 Å². The molecule has 0 fully saturated rings. The molecule has 8 heteroatoms. The lowest BCUT2D eigenvalue weighted by atomic mass is 9.63. The van der Waals surface area contributed by atoms with Crippen LogP contribution in [0.15, 0.2) is 65.1 Å². The van der Waals surface area contributed by atoms with E-state index in [0.29, 0.717) is 40.5 Å². The maximum Gasteiger partial charge on any atom is 0.339 e. The number of nitrogens with two attached hydrogens (primary N) is 1. The lowest BCUT2D eigenvalue weighted by Crippen LogP contribution is -2.53. The van der Waals surface area contributed by atoms with Gasteiger partial charge < -0.3 is 15.8 Å². The molecule has 0 bridgehead atoms. The number of para-hydroxylation sites is 1. The summed E-state index contributed by atoms with van der Waals surface area (Å²) in [6.45, 7) is 3.68. The molecule has 1 amide bonds. The van der Waals surface area contributed by atoms with Gasteiger partial charge in [0.2, 0.25) is 5.91 Å². The molecule has 3 aliphatic rings. The Bertz CT molecular complexity index is 1330. The highest BCUT2D eigenvalue weighted by atomic mass is 35.5. The van der Waals surface area contributed by atoms with Crippen molar-refractivity contribution < 1.29 is 19.1 Å². The summed E-state index contributed by atoms with van der Waals surface area (Å²) in [6.07, 6.45) is 1.36. The number of carbonyl (C=O) groups excluding carboxylic acids is 3. The first kappa shape index (κ1) is 22.2. The molecule has 3 N–H and O–H groups in total. The lowest BCUT2D eigenvalue weighted by molar-refractivity contribution is -0.140. The molecule has 0 aromatic heterocycles. The smallest absolute Gasteiger partial charge is 0.339 e. The predicted octanol–water partition coefficient (Wildman–Crippen LogP) is 4.10. The summed E-state index contributed by atoms with van der Waals surface area (Å²) in [7, 11) is 0. The Kier molecular flexibility index (Phi) is 5.24. The van der Waals surface area contributed by atoms with Crippen molar-refractivity contribution >= 4 is 40.6 Å². The summed E-state index contributed by atoms with van der Waals surface area (Å²) in [6, 6.07) is 12.5. The zero-order valence-electron chi connectivity index (χ0n) is 18.9.